The first-order valence-corrected chi connectivity index (χ1v) is 11.6. The van der Waals surface area contributed by atoms with Crippen molar-refractivity contribution in [2.75, 3.05) is 36.8 Å². The van der Waals surface area contributed by atoms with Crippen LogP contribution >= 0.6 is 11.8 Å². The number of aromatic nitrogens is 1. The molecular weight excluding hydrogens is 384 g/mol. The molecule has 0 saturated carbocycles. The van der Waals surface area contributed by atoms with Gasteiger partial charge in [-0.1, -0.05) is 6.07 Å². The Bertz CT molecular complexity index is 719. The van der Waals surface area contributed by atoms with E-state index in [2.05, 4.69) is 40.4 Å². The van der Waals surface area contributed by atoms with Crippen LogP contribution < -0.4 is 21.3 Å². The third-order valence-electron chi connectivity index (χ3n) is 5.67. The van der Waals surface area contributed by atoms with Gasteiger partial charge in [0.25, 0.3) is 0 Å². The maximum atomic E-state index is 11.6. The van der Waals surface area contributed by atoms with Crippen molar-refractivity contribution in [3.8, 4) is 0 Å². The molecular formula is C21H34N6OS. The summed E-state index contributed by atoms with van der Waals surface area (Å²) in [6.07, 6.45) is 6.15. The number of thioether (sulfide) groups is 1. The average molecular weight is 419 g/mol. The molecule has 1 aromatic rings. The van der Waals surface area contributed by atoms with Crippen LogP contribution in [0.4, 0.5) is 5.82 Å². The molecule has 2 atom stereocenters. The van der Waals surface area contributed by atoms with Gasteiger partial charge in [0.2, 0.25) is 5.91 Å². The lowest BCUT2D eigenvalue weighted by molar-refractivity contribution is -0.122. The van der Waals surface area contributed by atoms with Gasteiger partial charge >= 0.3 is 0 Å². The number of nitrogens with zero attached hydrogens (tertiary/aromatic N) is 3. The zero-order valence-corrected chi connectivity index (χ0v) is 18.4. The summed E-state index contributed by atoms with van der Waals surface area (Å²) in [5, 5.41) is 6.87. The van der Waals surface area contributed by atoms with Crippen LogP contribution in [0.5, 0.6) is 0 Å². The van der Waals surface area contributed by atoms with Crippen molar-refractivity contribution < 1.29 is 4.79 Å². The Morgan fingerprint density at radius 1 is 1.45 bits per heavy atom. The molecule has 4 N–H and O–H groups in total. The molecule has 29 heavy (non-hydrogen) atoms. The zero-order chi connectivity index (χ0) is 20.7. The molecule has 0 aliphatic carbocycles. The number of piperidine rings is 1. The van der Waals surface area contributed by atoms with Gasteiger partial charge in [0.15, 0.2) is 5.96 Å². The van der Waals surface area contributed by atoms with Crippen LogP contribution in [0.2, 0.25) is 0 Å². The lowest BCUT2D eigenvalue weighted by Crippen LogP contribution is -2.43. The van der Waals surface area contributed by atoms with E-state index >= 15 is 0 Å². The van der Waals surface area contributed by atoms with Gasteiger partial charge in [0, 0.05) is 42.7 Å². The highest BCUT2D eigenvalue weighted by Crippen LogP contribution is 2.36. The number of amides is 1. The number of anilines is 1. The number of carbonyl (C=O) groups excluding carboxylic acids is 1. The minimum absolute atomic E-state index is 0.106. The number of carbonyl (C=O) groups is 1. The standard InChI is InChI=1S/C21H34N6OS/c1-3-23-20(26-15-21(2)9-6-12-29-21)25-13-16-7-4-10-24-19(16)27-11-5-8-17(14-27)18(22)28/h4,7,10,17H,3,5-6,8-9,11-15H2,1-2H3,(H2,22,28)(H2,23,25,26). The summed E-state index contributed by atoms with van der Waals surface area (Å²) in [5.41, 5.74) is 6.61. The molecule has 2 fully saturated rings. The average Bonchev–Trinajstić information content (AvgIpc) is 3.17. The zero-order valence-electron chi connectivity index (χ0n) is 17.6. The summed E-state index contributed by atoms with van der Waals surface area (Å²) >= 11 is 2.04. The minimum Gasteiger partial charge on any atom is -0.369 e. The molecule has 1 amide bonds. The van der Waals surface area contributed by atoms with E-state index in [1.165, 1.54) is 18.6 Å². The minimum atomic E-state index is -0.220. The van der Waals surface area contributed by atoms with Crippen LogP contribution in [0, 0.1) is 5.92 Å². The lowest BCUT2D eigenvalue weighted by atomic mass is 9.97. The number of hydrogen-bond acceptors (Lipinski definition) is 5. The molecule has 0 spiro atoms. The monoisotopic (exact) mass is 418 g/mol. The summed E-state index contributed by atoms with van der Waals surface area (Å²) in [4.78, 5) is 23.2. The second-order valence-corrected chi connectivity index (χ2v) is 9.81. The van der Waals surface area contributed by atoms with Crippen LogP contribution in [0.25, 0.3) is 0 Å². The fourth-order valence-electron chi connectivity index (χ4n) is 3.99. The molecule has 3 heterocycles. The summed E-state index contributed by atoms with van der Waals surface area (Å²) in [6.45, 7) is 8.21. The quantitative estimate of drug-likeness (QED) is 0.464. The van der Waals surface area contributed by atoms with Crippen molar-refractivity contribution in [2.45, 2.75) is 50.8 Å². The van der Waals surface area contributed by atoms with Gasteiger partial charge in [0.05, 0.1) is 12.5 Å². The third-order valence-corrected chi connectivity index (χ3v) is 7.21. The predicted octanol–water partition coefficient (Wildman–Crippen LogP) is 2.12. The molecule has 2 saturated heterocycles. The number of rotatable bonds is 7. The van der Waals surface area contributed by atoms with E-state index in [1.54, 1.807) is 6.20 Å². The molecule has 0 radical (unpaired) electrons. The van der Waals surface area contributed by atoms with Gasteiger partial charge in [-0.15, -0.1) is 0 Å². The number of primary amides is 1. The van der Waals surface area contributed by atoms with Gasteiger partial charge in [0.1, 0.15) is 5.82 Å². The van der Waals surface area contributed by atoms with E-state index in [9.17, 15) is 4.79 Å². The molecule has 2 unspecified atom stereocenters. The first-order chi connectivity index (χ1) is 14.0. The highest BCUT2D eigenvalue weighted by molar-refractivity contribution is 8.00. The van der Waals surface area contributed by atoms with Crippen molar-refractivity contribution in [1.82, 2.24) is 15.6 Å². The summed E-state index contributed by atoms with van der Waals surface area (Å²) in [5.74, 6) is 2.67. The first kappa shape index (κ1) is 21.7. The number of pyridine rings is 1. The van der Waals surface area contributed by atoms with E-state index in [4.69, 9.17) is 10.7 Å². The third kappa shape index (κ3) is 6.01. The molecule has 8 heteroatoms. The van der Waals surface area contributed by atoms with E-state index in [0.717, 1.165) is 49.8 Å². The van der Waals surface area contributed by atoms with Crippen LogP contribution in [0.1, 0.15) is 45.1 Å². The second-order valence-electron chi connectivity index (χ2n) is 8.12. The maximum absolute atomic E-state index is 11.6. The molecule has 0 bridgehead atoms. The van der Waals surface area contributed by atoms with Gasteiger partial charge < -0.3 is 21.3 Å². The predicted molar refractivity (Wildman–Crippen MR) is 121 cm³/mol. The molecule has 160 valence electrons. The highest BCUT2D eigenvalue weighted by Gasteiger charge is 2.29. The Balaban J connectivity index is 1.68. The SMILES string of the molecule is CCNC(=NCc1cccnc1N1CCCC(C(N)=O)C1)NCC1(C)CCCS1. The van der Waals surface area contributed by atoms with Gasteiger partial charge in [-0.2, -0.15) is 11.8 Å². The fourth-order valence-corrected chi connectivity index (χ4v) is 5.24. The molecule has 7 nitrogen and oxygen atoms in total. The summed E-state index contributed by atoms with van der Waals surface area (Å²) in [7, 11) is 0. The van der Waals surface area contributed by atoms with Crippen molar-refractivity contribution in [3.63, 3.8) is 0 Å². The molecule has 0 aromatic carbocycles. The largest absolute Gasteiger partial charge is 0.369 e. The number of guanidine groups is 1. The highest BCUT2D eigenvalue weighted by atomic mass is 32.2. The van der Waals surface area contributed by atoms with Gasteiger partial charge in [-0.25, -0.2) is 9.98 Å². The summed E-state index contributed by atoms with van der Waals surface area (Å²) in [6, 6.07) is 4.01. The lowest BCUT2D eigenvalue weighted by Gasteiger charge is -2.33. The van der Waals surface area contributed by atoms with Gasteiger partial charge in [-0.05, 0) is 51.3 Å². The van der Waals surface area contributed by atoms with Crippen LogP contribution in [-0.4, -0.2) is 53.5 Å². The van der Waals surface area contributed by atoms with Crippen molar-refractivity contribution in [3.05, 3.63) is 23.9 Å². The molecule has 3 rings (SSSR count). The first-order valence-electron chi connectivity index (χ1n) is 10.6. The van der Waals surface area contributed by atoms with Crippen molar-refractivity contribution in [2.24, 2.45) is 16.6 Å². The fraction of sp³-hybridized carbons (Fsp3) is 0.667. The van der Waals surface area contributed by atoms with E-state index in [0.29, 0.717) is 13.1 Å². The van der Waals surface area contributed by atoms with E-state index in [1.807, 2.05) is 17.8 Å². The number of aliphatic imine (C=N–C) groups is 1. The number of hydrogen-bond donors (Lipinski definition) is 3. The summed E-state index contributed by atoms with van der Waals surface area (Å²) < 4.78 is 0.285. The Hall–Kier alpha value is -1.96. The maximum Gasteiger partial charge on any atom is 0.222 e. The second kappa shape index (κ2) is 10.2. The van der Waals surface area contributed by atoms with Crippen LogP contribution in [0.3, 0.4) is 0 Å². The van der Waals surface area contributed by atoms with Crippen LogP contribution in [-0.2, 0) is 11.3 Å². The normalized spacial score (nSPS) is 25.1. The van der Waals surface area contributed by atoms with Crippen LogP contribution in [0.15, 0.2) is 23.3 Å². The molecule has 1 aromatic heterocycles. The van der Waals surface area contributed by atoms with Gasteiger partial charge in [-0.3, -0.25) is 4.79 Å². The Kier molecular flexibility index (Phi) is 7.64. The smallest absolute Gasteiger partial charge is 0.222 e. The molecule has 2 aliphatic rings. The van der Waals surface area contributed by atoms with E-state index in [-0.39, 0.29) is 16.6 Å². The number of nitrogens with two attached hydrogens (primary N) is 1. The Labute approximate surface area is 178 Å². The van der Waals surface area contributed by atoms with Crippen molar-refractivity contribution in [1.29, 1.82) is 0 Å². The Morgan fingerprint density at radius 2 is 2.31 bits per heavy atom. The molecule has 2 aliphatic heterocycles. The van der Waals surface area contributed by atoms with Crippen molar-refractivity contribution >= 4 is 29.4 Å². The Morgan fingerprint density at radius 3 is 3.03 bits per heavy atom. The van der Waals surface area contributed by atoms with E-state index < -0.39 is 0 Å². The number of nitrogens with one attached hydrogen (secondary N) is 2. The topological polar surface area (TPSA) is 95.6 Å².